The van der Waals surface area contributed by atoms with Crippen LogP contribution in [0, 0.1) is 5.92 Å². The summed E-state index contributed by atoms with van der Waals surface area (Å²) in [5.41, 5.74) is 9.85. The van der Waals surface area contributed by atoms with Gasteiger partial charge in [-0.15, -0.1) is 0 Å². The lowest BCUT2D eigenvalue weighted by Gasteiger charge is -2.48. The van der Waals surface area contributed by atoms with Crippen molar-refractivity contribution >= 4 is 8.60 Å². The molecule has 4 heteroatoms. The smallest absolute Gasteiger partial charge is 0.328 e. The summed E-state index contributed by atoms with van der Waals surface area (Å²) in [7, 11) is -2.55. The van der Waals surface area contributed by atoms with Crippen molar-refractivity contribution in [3.8, 4) is 0 Å². The predicted octanol–water partition coefficient (Wildman–Crippen LogP) is 9.09. The normalized spacial score (nSPS) is 15.1. The Morgan fingerprint density at radius 1 is 0.730 bits per heavy atom. The Labute approximate surface area is 228 Å². The summed E-state index contributed by atoms with van der Waals surface area (Å²) in [6.07, 6.45) is 13.5. The van der Waals surface area contributed by atoms with Crippen LogP contribution in [0.1, 0.15) is 137 Å². The van der Waals surface area contributed by atoms with Crippen molar-refractivity contribution in [1.29, 1.82) is 0 Å². The Morgan fingerprint density at radius 3 is 1.59 bits per heavy atom. The first-order valence-electron chi connectivity index (χ1n) is 15.1. The molecule has 1 aliphatic rings. The molecular weight excluding hydrogens is 475 g/mol. The van der Waals surface area contributed by atoms with Gasteiger partial charge < -0.3 is 9.79 Å². The number of benzene rings is 2. The van der Waals surface area contributed by atoms with Crippen LogP contribution < -0.4 is 0 Å². The number of aryl methyl sites for hydroxylation is 4. The number of unbranched alkanes of at least 4 members (excludes halogenated alkanes) is 1. The lowest BCUT2D eigenvalue weighted by Crippen LogP contribution is -2.44. The standard InChI is InChI=1S/C33H51O3P/c1-7-13-18-30(12-6)33(36-37(34)35)31-26(16-10-4)19-24(14-8-2)21-28(31)23-29-22-25(15-9-3)20-27(17-11-5)32(29)33/h19-22,30,34-35H,7-18,23H2,1-6H3. The maximum Gasteiger partial charge on any atom is 0.328 e. The number of rotatable bonds is 15. The highest BCUT2D eigenvalue weighted by Crippen LogP contribution is 2.57. The zero-order valence-electron chi connectivity index (χ0n) is 24.3. The summed E-state index contributed by atoms with van der Waals surface area (Å²) < 4.78 is 6.63. The van der Waals surface area contributed by atoms with E-state index < -0.39 is 14.2 Å². The summed E-state index contributed by atoms with van der Waals surface area (Å²) in [6, 6.07) is 9.63. The van der Waals surface area contributed by atoms with Crippen molar-refractivity contribution < 1.29 is 14.3 Å². The van der Waals surface area contributed by atoms with E-state index in [1.165, 1.54) is 44.5 Å². The molecule has 0 saturated carbocycles. The first-order valence-corrected chi connectivity index (χ1v) is 16.2. The molecule has 37 heavy (non-hydrogen) atoms. The first kappa shape index (κ1) is 30.3. The van der Waals surface area contributed by atoms with Crippen molar-refractivity contribution in [2.45, 2.75) is 131 Å². The zero-order valence-corrected chi connectivity index (χ0v) is 25.2. The van der Waals surface area contributed by atoms with Crippen molar-refractivity contribution in [3.63, 3.8) is 0 Å². The second-order valence-electron chi connectivity index (χ2n) is 11.1. The lowest BCUT2D eigenvalue weighted by atomic mass is 9.63. The van der Waals surface area contributed by atoms with Gasteiger partial charge in [-0.1, -0.05) is 104 Å². The van der Waals surface area contributed by atoms with Gasteiger partial charge in [0, 0.05) is 0 Å². The molecule has 2 N–H and O–H groups in total. The highest BCUT2D eigenvalue weighted by molar-refractivity contribution is 7.39. The van der Waals surface area contributed by atoms with Gasteiger partial charge >= 0.3 is 8.60 Å². The highest BCUT2D eigenvalue weighted by Gasteiger charge is 2.51. The molecule has 0 aliphatic heterocycles. The summed E-state index contributed by atoms with van der Waals surface area (Å²) >= 11 is 0. The second kappa shape index (κ2) is 14.2. The molecule has 1 aliphatic carbocycles. The van der Waals surface area contributed by atoms with E-state index in [1.54, 1.807) is 0 Å². The van der Waals surface area contributed by atoms with Crippen LogP contribution in [0.3, 0.4) is 0 Å². The summed E-state index contributed by atoms with van der Waals surface area (Å²) in [6.45, 7) is 13.5. The Kier molecular flexibility index (Phi) is 11.6. The van der Waals surface area contributed by atoms with E-state index >= 15 is 0 Å². The monoisotopic (exact) mass is 526 g/mol. The fourth-order valence-electron chi connectivity index (χ4n) is 6.89. The predicted molar refractivity (Wildman–Crippen MR) is 158 cm³/mol. The fraction of sp³-hybridized carbons (Fsp3) is 0.636. The van der Waals surface area contributed by atoms with Crippen LogP contribution in [0.5, 0.6) is 0 Å². The third-order valence-corrected chi connectivity index (χ3v) is 8.61. The molecule has 0 fully saturated rings. The number of hydrogen-bond donors (Lipinski definition) is 2. The van der Waals surface area contributed by atoms with Crippen LogP contribution in [0.2, 0.25) is 0 Å². The van der Waals surface area contributed by atoms with Crippen molar-refractivity contribution in [1.82, 2.24) is 0 Å². The third kappa shape index (κ3) is 6.50. The average molecular weight is 527 g/mol. The molecule has 0 heterocycles. The SMILES string of the molecule is CCCCC(CC)C1(OP(O)O)c2c(CCC)cc(CCC)cc2Cc2cc(CCC)cc(CCC)c21. The summed E-state index contributed by atoms with van der Waals surface area (Å²) in [5.74, 6) is 0.176. The van der Waals surface area contributed by atoms with Gasteiger partial charge in [0.25, 0.3) is 0 Å². The van der Waals surface area contributed by atoms with E-state index in [1.807, 2.05) is 0 Å². The molecule has 0 spiro atoms. The lowest BCUT2D eigenvalue weighted by molar-refractivity contribution is 0.0190. The Morgan fingerprint density at radius 2 is 1.22 bits per heavy atom. The fourth-order valence-corrected chi connectivity index (χ4v) is 7.48. The van der Waals surface area contributed by atoms with Gasteiger partial charge in [-0.25, -0.2) is 0 Å². The van der Waals surface area contributed by atoms with Crippen LogP contribution >= 0.6 is 8.60 Å². The molecular formula is C33H51O3P. The largest absolute Gasteiger partial charge is 0.328 e. The Balaban J connectivity index is 2.47. The van der Waals surface area contributed by atoms with Crippen molar-refractivity contribution in [2.75, 3.05) is 0 Å². The van der Waals surface area contributed by atoms with Crippen LogP contribution in [-0.4, -0.2) is 9.79 Å². The minimum absolute atomic E-state index is 0.176. The van der Waals surface area contributed by atoms with Gasteiger partial charge in [-0.05, 0) is 95.4 Å². The molecule has 206 valence electrons. The van der Waals surface area contributed by atoms with Gasteiger partial charge in [-0.2, -0.15) is 0 Å². The van der Waals surface area contributed by atoms with E-state index in [2.05, 4.69) is 65.8 Å². The molecule has 3 rings (SSSR count). The topological polar surface area (TPSA) is 49.7 Å². The molecule has 1 atom stereocenters. The van der Waals surface area contributed by atoms with Crippen LogP contribution in [-0.2, 0) is 42.2 Å². The molecule has 0 radical (unpaired) electrons. The van der Waals surface area contributed by atoms with Gasteiger partial charge in [-0.3, -0.25) is 4.52 Å². The third-order valence-electron chi connectivity index (χ3n) is 8.16. The first-order chi connectivity index (χ1) is 17.9. The molecule has 0 aromatic heterocycles. The average Bonchev–Trinajstić information content (AvgIpc) is 2.84. The summed E-state index contributed by atoms with van der Waals surface area (Å²) in [4.78, 5) is 21.2. The van der Waals surface area contributed by atoms with E-state index in [0.717, 1.165) is 83.5 Å². The quantitative estimate of drug-likeness (QED) is 0.228. The van der Waals surface area contributed by atoms with Crippen molar-refractivity contribution in [3.05, 3.63) is 68.8 Å². The molecule has 0 saturated heterocycles. The number of fused-ring (bicyclic) bond motifs is 2. The minimum Gasteiger partial charge on any atom is -0.328 e. The second-order valence-corrected chi connectivity index (χ2v) is 11.8. The molecule has 3 nitrogen and oxygen atoms in total. The molecule has 0 amide bonds. The maximum absolute atomic E-state index is 10.6. The van der Waals surface area contributed by atoms with Gasteiger partial charge in [0.2, 0.25) is 0 Å². The van der Waals surface area contributed by atoms with Crippen LogP contribution in [0.4, 0.5) is 0 Å². The number of hydrogen-bond acceptors (Lipinski definition) is 3. The van der Waals surface area contributed by atoms with Gasteiger partial charge in [0.1, 0.15) is 5.60 Å². The Hall–Kier alpha value is -1.25. The molecule has 2 aromatic carbocycles. The minimum atomic E-state index is -2.55. The molecule has 1 unspecified atom stereocenters. The van der Waals surface area contributed by atoms with Crippen LogP contribution in [0.15, 0.2) is 24.3 Å². The van der Waals surface area contributed by atoms with E-state index in [-0.39, 0.29) is 5.92 Å². The highest BCUT2D eigenvalue weighted by atomic mass is 31.2. The summed E-state index contributed by atoms with van der Waals surface area (Å²) in [5, 5.41) is 0. The van der Waals surface area contributed by atoms with Crippen LogP contribution in [0.25, 0.3) is 0 Å². The molecule has 2 aromatic rings. The van der Waals surface area contributed by atoms with Gasteiger partial charge in [0.05, 0.1) is 0 Å². The zero-order chi connectivity index (χ0) is 27.0. The maximum atomic E-state index is 10.6. The Bertz CT molecular complexity index is 948. The van der Waals surface area contributed by atoms with E-state index in [9.17, 15) is 9.79 Å². The van der Waals surface area contributed by atoms with E-state index in [4.69, 9.17) is 4.52 Å². The van der Waals surface area contributed by atoms with Gasteiger partial charge in [0.15, 0.2) is 0 Å². The van der Waals surface area contributed by atoms with E-state index in [0.29, 0.717) is 0 Å². The molecule has 0 bridgehead atoms. The van der Waals surface area contributed by atoms with Crippen molar-refractivity contribution in [2.24, 2.45) is 5.92 Å².